The highest BCUT2D eigenvalue weighted by Crippen LogP contribution is 2.46. The number of likely N-dealkylation sites (tertiary alicyclic amines) is 1. The van der Waals surface area contributed by atoms with E-state index in [1.807, 2.05) is 24.3 Å². The van der Waals surface area contributed by atoms with Crippen LogP contribution in [-0.2, 0) is 16.8 Å². The molecule has 2 aromatic rings. The van der Waals surface area contributed by atoms with Crippen molar-refractivity contribution in [2.75, 3.05) is 26.2 Å². The third kappa shape index (κ3) is 4.32. The number of benzene rings is 2. The fourth-order valence-electron chi connectivity index (χ4n) is 4.14. The van der Waals surface area contributed by atoms with E-state index >= 15 is 0 Å². The Hall–Kier alpha value is -1.95. The van der Waals surface area contributed by atoms with Gasteiger partial charge in [-0.05, 0) is 38.1 Å². The minimum atomic E-state index is -0.744. The molecule has 0 amide bonds. The Morgan fingerprint density at radius 3 is 2.76 bits per heavy atom. The molecule has 1 spiro atoms. The number of rotatable bonds is 6. The lowest BCUT2D eigenvalue weighted by molar-refractivity contribution is -0.137. The second-order valence-corrected chi connectivity index (χ2v) is 8.50. The van der Waals surface area contributed by atoms with Crippen LogP contribution in [0.5, 0.6) is 11.5 Å². The summed E-state index contributed by atoms with van der Waals surface area (Å²) in [4.78, 5) is 13.0. The van der Waals surface area contributed by atoms with Crippen molar-refractivity contribution in [1.82, 2.24) is 4.90 Å². The molecule has 0 bridgehead atoms. The van der Waals surface area contributed by atoms with E-state index in [1.54, 1.807) is 6.07 Å². The van der Waals surface area contributed by atoms with E-state index in [0.29, 0.717) is 29.8 Å². The SMILES string of the molecule is O=C(O)CCN1CCC2(CC1)COc1cc(OCc3cccc(Cl)c3Cl)ccc12. The first-order valence-corrected chi connectivity index (χ1v) is 10.5. The number of fused-ring (bicyclic) bond motifs is 2. The van der Waals surface area contributed by atoms with Crippen molar-refractivity contribution in [3.8, 4) is 11.5 Å². The number of carboxylic acids is 1. The fourth-order valence-corrected chi connectivity index (χ4v) is 4.51. The summed E-state index contributed by atoms with van der Waals surface area (Å²) in [6.07, 6.45) is 2.13. The van der Waals surface area contributed by atoms with Crippen molar-refractivity contribution in [2.45, 2.75) is 31.3 Å². The van der Waals surface area contributed by atoms with Crippen molar-refractivity contribution >= 4 is 29.2 Å². The monoisotopic (exact) mass is 435 g/mol. The Bertz CT molecular complexity index is 910. The van der Waals surface area contributed by atoms with Crippen molar-refractivity contribution in [1.29, 1.82) is 0 Å². The van der Waals surface area contributed by atoms with Crippen LogP contribution >= 0.6 is 23.2 Å². The minimum absolute atomic E-state index is 0.0177. The van der Waals surface area contributed by atoms with Crippen molar-refractivity contribution in [3.05, 3.63) is 57.6 Å². The van der Waals surface area contributed by atoms with Gasteiger partial charge in [0.1, 0.15) is 18.1 Å². The molecule has 5 nitrogen and oxygen atoms in total. The van der Waals surface area contributed by atoms with Crippen LogP contribution in [0, 0.1) is 0 Å². The van der Waals surface area contributed by atoms with Crippen LogP contribution in [0.1, 0.15) is 30.4 Å². The first-order valence-electron chi connectivity index (χ1n) is 9.74. The topological polar surface area (TPSA) is 59.0 Å². The second kappa shape index (κ2) is 8.42. The van der Waals surface area contributed by atoms with Gasteiger partial charge in [0.05, 0.1) is 23.1 Å². The quantitative estimate of drug-likeness (QED) is 0.707. The van der Waals surface area contributed by atoms with Gasteiger partial charge in [-0.2, -0.15) is 0 Å². The zero-order valence-electron chi connectivity index (χ0n) is 16.0. The number of nitrogens with zero attached hydrogens (tertiary/aromatic N) is 1. The molecule has 0 aromatic heterocycles. The molecule has 154 valence electrons. The number of carbonyl (C=O) groups is 1. The number of ether oxygens (including phenoxy) is 2. The van der Waals surface area contributed by atoms with Gasteiger partial charge in [0.15, 0.2) is 0 Å². The summed E-state index contributed by atoms with van der Waals surface area (Å²) in [5.74, 6) is 0.862. The van der Waals surface area contributed by atoms with Crippen molar-refractivity contribution < 1.29 is 19.4 Å². The van der Waals surface area contributed by atoms with E-state index in [9.17, 15) is 4.79 Å². The molecule has 1 fully saturated rings. The molecule has 0 unspecified atom stereocenters. The lowest BCUT2D eigenvalue weighted by Crippen LogP contribution is -2.44. The number of hydrogen-bond donors (Lipinski definition) is 1. The van der Waals surface area contributed by atoms with Crippen LogP contribution in [0.4, 0.5) is 0 Å². The third-order valence-electron chi connectivity index (χ3n) is 5.91. The molecule has 2 aromatic carbocycles. The van der Waals surface area contributed by atoms with Gasteiger partial charge in [-0.3, -0.25) is 4.79 Å². The van der Waals surface area contributed by atoms with Gasteiger partial charge in [0, 0.05) is 29.2 Å². The molecule has 2 aliphatic heterocycles. The Morgan fingerprint density at radius 2 is 2.00 bits per heavy atom. The summed E-state index contributed by atoms with van der Waals surface area (Å²) in [6, 6.07) is 11.5. The average Bonchev–Trinajstić information content (AvgIpc) is 3.06. The maximum atomic E-state index is 10.8. The van der Waals surface area contributed by atoms with E-state index < -0.39 is 5.97 Å². The molecule has 0 atom stereocenters. The zero-order valence-corrected chi connectivity index (χ0v) is 17.5. The summed E-state index contributed by atoms with van der Waals surface area (Å²) in [5, 5.41) is 9.91. The molecule has 0 aliphatic carbocycles. The van der Waals surface area contributed by atoms with Crippen LogP contribution in [0.25, 0.3) is 0 Å². The normalized spacial score (nSPS) is 17.7. The third-order valence-corrected chi connectivity index (χ3v) is 6.77. The molecule has 29 heavy (non-hydrogen) atoms. The molecule has 2 heterocycles. The maximum absolute atomic E-state index is 10.8. The molecule has 4 rings (SSSR count). The average molecular weight is 436 g/mol. The molecule has 1 N–H and O–H groups in total. The van der Waals surface area contributed by atoms with Crippen LogP contribution in [0.3, 0.4) is 0 Å². The van der Waals surface area contributed by atoms with Gasteiger partial charge in [-0.25, -0.2) is 0 Å². The Morgan fingerprint density at radius 1 is 1.21 bits per heavy atom. The summed E-state index contributed by atoms with van der Waals surface area (Å²) < 4.78 is 11.9. The lowest BCUT2D eigenvalue weighted by Gasteiger charge is -2.38. The Balaban J connectivity index is 1.40. The highest BCUT2D eigenvalue weighted by Gasteiger charge is 2.43. The predicted octanol–water partition coefficient (Wildman–Crippen LogP) is 4.77. The molecular weight excluding hydrogens is 413 g/mol. The first-order chi connectivity index (χ1) is 14.0. The Kier molecular flexibility index (Phi) is 5.91. The molecule has 0 radical (unpaired) electrons. The summed E-state index contributed by atoms with van der Waals surface area (Å²) in [5.41, 5.74) is 2.08. The van der Waals surface area contributed by atoms with Crippen LogP contribution in [0.2, 0.25) is 10.0 Å². The lowest BCUT2D eigenvalue weighted by atomic mass is 9.74. The van der Waals surface area contributed by atoms with E-state index in [1.165, 1.54) is 5.56 Å². The standard InChI is InChI=1S/C22H23Cl2NO4/c23-18-3-1-2-15(21(18)24)13-28-16-4-5-17-19(12-16)29-14-22(17)7-10-25(11-8-22)9-6-20(26)27/h1-5,12H,6-11,13-14H2,(H,26,27). The van der Waals surface area contributed by atoms with Crippen LogP contribution in [0.15, 0.2) is 36.4 Å². The van der Waals surface area contributed by atoms with Gasteiger partial charge in [-0.15, -0.1) is 0 Å². The van der Waals surface area contributed by atoms with Gasteiger partial charge in [0.2, 0.25) is 0 Å². The smallest absolute Gasteiger partial charge is 0.304 e. The number of halogens is 2. The van der Waals surface area contributed by atoms with Gasteiger partial charge >= 0.3 is 5.97 Å². The van der Waals surface area contributed by atoms with Gasteiger partial charge < -0.3 is 19.5 Å². The van der Waals surface area contributed by atoms with Gasteiger partial charge in [-0.1, -0.05) is 41.4 Å². The number of aliphatic carboxylic acids is 1. The van der Waals surface area contributed by atoms with E-state index in [0.717, 1.165) is 43.0 Å². The largest absolute Gasteiger partial charge is 0.492 e. The summed E-state index contributed by atoms with van der Waals surface area (Å²) >= 11 is 12.3. The Labute approximate surface area is 180 Å². The number of piperidine rings is 1. The van der Waals surface area contributed by atoms with Gasteiger partial charge in [0.25, 0.3) is 0 Å². The molecule has 1 saturated heterocycles. The van der Waals surface area contributed by atoms with Crippen molar-refractivity contribution in [3.63, 3.8) is 0 Å². The summed E-state index contributed by atoms with van der Waals surface area (Å²) in [6.45, 7) is 3.39. The molecule has 0 saturated carbocycles. The highest BCUT2D eigenvalue weighted by molar-refractivity contribution is 6.42. The first kappa shape index (κ1) is 20.3. The maximum Gasteiger partial charge on any atom is 0.304 e. The zero-order chi connectivity index (χ0) is 20.4. The number of hydrogen-bond acceptors (Lipinski definition) is 4. The van der Waals surface area contributed by atoms with E-state index in [-0.39, 0.29) is 11.8 Å². The van der Waals surface area contributed by atoms with E-state index in [2.05, 4.69) is 11.0 Å². The second-order valence-electron chi connectivity index (χ2n) is 7.71. The molecular formula is C22H23Cl2NO4. The predicted molar refractivity (Wildman–Crippen MR) is 112 cm³/mol. The van der Waals surface area contributed by atoms with E-state index in [4.69, 9.17) is 37.8 Å². The fraction of sp³-hybridized carbons (Fsp3) is 0.409. The molecule has 7 heteroatoms. The summed E-state index contributed by atoms with van der Waals surface area (Å²) in [7, 11) is 0. The number of carboxylic acid groups (broad SMARTS) is 1. The van der Waals surface area contributed by atoms with Crippen LogP contribution in [-0.4, -0.2) is 42.2 Å². The van der Waals surface area contributed by atoms with Crippen molar-refractivity contribution in [2.24, 2.45) is 0 Å². The minimum Gasteiger partial charge on any atom is -0.492 e. The van der Waals surface area contributed by atoms with Crippen LogP contribution < -0.4 is 9.47 Å². The highest BCUT2D eigenvalue weighted by atomic mass is 35.5. The molecule has 2 aliphatic rings.